The third kappa shape index (κ3) is 8.19. The normalized spacial score (nSPS) is 14.3. The fourth-order valence-electron chi connectivity index (χ4n) is 2.65. The Balaban J connectivity index is 1.85. The number of hydrogen-bond acceptors (Lipinski definition) is 0. The van der Waals surface area contributed by atoms with Gasteiger partial charge in [0, 0.05) is 5.88 Å². The van der Waals surface area contributed by atoms with Crippen LogP contribution in [0.15, 0.2) is 11.1 Å². The lowest BCUT2D eigenvalue weighted by atomic mass is 10.1. The smallest absolute Gasteiger partial charge is 0.0223 e. The van der Waals surface area contributed by atoms with Gasteiger partial charge in [-0.25, -0.2) is 0 Å². The summed E-state index contributed by atoms with van der Waals surface area (Å²) in [4.78, 5) is 0. The number of allylic oxidation sites excluding steroid dienone is 2. The lowest BCUT2D eigenvalue weighted by Gasteiger charge is -1.98. The van der Waals surface area contributed by atoms with Crippen molar-refractivity contribution >= 4 is 11.6 Å². The first kappa shape index (κ1) is 16.1. The van der Waals surface area contributed by atoms with E-state index in [9.17, 15) is 0 Å². The van der Waals surface area contributed by atoms with E-state index >= 15 is 0 Å². The molecule has 0 spiro atoms. The summed E-state index contributed by atoms with van der Waals surface area (Å²) < 4.78 is 0. The summed E-state index contributed by atoms with van der Waals surface area (Å²) in [6.45, 7) is 2.29. The Kier molecular flexibility index (Phi) is 9.75. The fourth-order valence-corrected chi connectivity index (χ4v) is 2.84. The molecule has 0 heterocycles. The van der Waals surface area contributed by atoms with Crippen molar-refractivity contribution in [2.75, 3.05) is 5.88 Å². The van der Waals surface area contributed by atoms with Gasteiger partial charge in [-0.05, 0) is 38.5 Å². The molecular weight excluding hydrogens is 240 g/mol. The van der Waals surface area contributed by atoms with Crippen LogP contribution in [-0.4, -0.2) is 5.88 Å². The lowest BCUT2D eigenvalue weighted by Crippen LogP contribution is -1.79. The van der Waals surface area contributed by atoms with Crippen molar-refractivity contribution in [1.82, 2.24) is 0 Å². The maximum absolute atomic E-state index is 5.67. The van der Waals surface area contributed by atoms with E-state index in [0.717, 1.165) is 5.88 Å². The van der Waals surface area contributed by atoms with Crippen LogP contribution in [0.25, 0.3) is 0 Å². The number of rotatable bonds is 13. The molecule has 0 aromatic rings. The van der Waals surface area contributed by atoms with Crippen molar-refractivity contribution in [2.24, 2.45) is 0 Å². The highest BCUT2D eigenvalue weighted by atomic mass is 35.5. The van der Waals surface area contributed by atoms with Gasteiger partial charge in [-0.2, -0.15) is 0 Å². The van der Waals surface area contributed by atoms with E-state index in [2.05, 4.69) is 6.92 Å². The van der Waals surface area contributed by atoms with E-state index in [-0.39, 0.29) is 0 Å². The maximum Gasteiger partial charge on any atom is 0.0223 e. The van der Waals surface area contributed by atoms with Crippen molar-refractivity contribution < 1.29 is 0 Å². The van der Waals surface area contributed by atoms with Crippen LogP contribution in [-0.2, 0) is 0 Å². The first-order valence-corrected chi connectivity index (χ1v) is 8.67. The molecule has 0 bridgehead atoms. The lowest BCUT2D eigenvalue weighted by molar-refractivity contribution is 0.608. The van der Waals surface area contributed by atoms with Gasteiger partial charge in [0.15, 0.2) is 0 Å². The minimum atomic E-state index is 0.839. The molecule has 1 rings (SSSR count). The second-order valence-corrected chi connectivity index (χ2v) is 6.13. The van der Waals surface area contributed by atoms with Crippen LogP contribution in [0.4, 0.5) is 0 Å². The van der Waals surface area contributed by atoms with E-state index in [1.165, 1.54) is 83.5 Å². The maximum atomic E-state index is 5.67. The van der Waals surface area contributed by atoms with Gasteiger partial charge >= 0.3 is 0 Å². The Bertz CT molecular complexity index is 230. The second kappa shape index (κ2) is 10.9. The van der Waals surface area contributed by atoms with Gasteiger partial charge in [0.2, 0.25) is 0 Å². The van der Waals surface area contributed by atoms with E-state index in [0.29, 0.717) is 0 Å². The minimum absolute atomic E-state index is 0.839. The zero-order chi connectivity index (χ0) is 13.1. The van der Waals surface area contributed by atoms with Crippen molar-refractivity contribution in [3.63, 3.8) is 0 Å². The Morgan fingerprint density at radius 1 is 0.722 bits per heavy atom. The van der Waals surface area contributed by atoms with E-state index in [1.807, 2.05) is 5.57 Å². The number of hydrogen-bond donors (Lipinski definition) is 0. The molecule has 0 radical (unpaired) electrons. The number of alkyl halides is 1. The average Bonchev–Trinajstić information content (AvgIpc) is 3.12. The molecular formula is C17H31Cl. The van der Waals surface area contributed by atoms with E-state index < -0.39 is 0 Å². The van der Waals surface area contributed by atoms with Crippen molar-refractivity contribution in [1.29, 1.82) is 0 Å². The largest absolute Gasteiger partial charge is 0.127 e. The molecule has 0 unspecified atom stereocenters. The van der Waals surface area contributed by atoms with Crippen LogP contribution in [0.3, 0.4) is 0 Å². The summed E-state index contributed by atoms with van der Waals surface area (Å²) in [5.41, 5.74) is 3.61. The third-order valence-corrected chi connectivity index (χ3v) is 4.26. The summed E-state index contributed by atoms with van der Waals surface area (Å²) in [6.07, 6.45) is 18.0. The zero-order valence-electron chi connectivity index (χ0n) is 12.3. The number of unbranched alkanes of at least 4 members (excludes halogenated alkanes) is 8. The van der Waals surface area contributed by atoms with Gasteiger partial charge in [-0.15, -0.1) is 11.6 Å². The molecule has 0 nitrogen and oxygen atoms in total. The van der Waals surface area contributed by atoms with Gasteiger partial charge in [-0.3, -0.25) is 0 Å². The van der Waals surface area contributed by atoms with Crippen LogP contribution in [0.2, 0.25) is 0 Å². The Hall–Kier alpha value is 0.0300. The molecule has 1 aliphatic rings. The van der Waals surface area contributed by atoms with Crippen molar-refractivity contribution in [3.05, 3.63) is 11.1 Å². The van der Waals surface area contributed by atoms with Crippen LogP contribution < -0.4 is 0 Å². The molecule has 0 N–H and O–H groups in total. The first-order chi connectivity index (χ1) is 8.88. The molecule has 0 saturated carbocycles. The zero-order valence-corrected chi connectivity index (χ0v) is 13.0. The second-order valence-electron chi connectivity index (χ2n) is 5.75. The topological polar surface area (TPSA) is 0 Å². The monoisotopic (exact) mass is 270 g/mol. The third-order valence-electron chi connectivity index (χ3n) is 4.00. The molecule has 0 aromatic carbocycles. The summed E-state index contributed by atoms with van der Waals surface area (Å²) in [7, 11) is 0. The molecule has 0 aromatic heterocycles. The molecule has 0 saturated heterocycles. The SMILES string of the molecule is CCCCCCCCC1=C(CCCCCCCl)C1. The summed E-state index contributed by atoms with van der Waals surface area (Å²) in [5.74, 6) is 0.839. The molecule has 18 heavy (non-hydrogen) atoms. The van der Waals surface area contributed by atoms with Crippen molar-refractivity contribution in [2.45, 2.75) is 90.4 Å². The molecule has 0 amide bonds. The predicted molar refractivity (Wildman–Crippen MR) is 83.4 cm³/mol. The molecule has 0 fully saturated rings. The Labute approximate surface area is 119 Å². The standard InChI is InChI=1S/C17H31Cl/c1-2-3-4-5-6-9-12-16-15-17(16)13-10-7-8-11-14-18/h2-15H2,1H3. The van der Waals surface area contributed by atoms with Crippen LogP contribution in [0.5, 0.6) is 0 Å². The molecule has 1 heteroatoms. The minimum Gasteiger partial charge on any atom is -0.127 e. The van der Waals surface area contributed by atoms with Gasteiger partial charge in [0.05, 0.1) is 0 Å². The summed E-state index contributed by atoms with van der Waals surface area (Å²) in [6, 6.07) is 0. The average molecular weight is 271 g/mol. The predicted octanol–water partition coefficient (Wildman–Crippen LogP) is 6.63. The summed E-state index contributed by atoms with van der Waals surface area (Å²) in [5, 5.41) is 0. The van der Waals surface area contributed by atoms with Gasteiger partial charge in [0.25, 0.3) is 0 Å². The Morgan fingerprint density at radius 2 is 1.22 bits per heavy atom. The first-order valence-electron chi connectivity index (χ1n) is 8.14. The quantitative estimate of drug-likeness (QED) is 0.200. The molecule has 106 valence electrons. The van der Waals surface area contributed by atoms with E-state index in [1.54, 1.807) is 5.57 Å². The molecule has 0 aliphatic heterocycles. The highest BCUT2D eigenvalue weighted by Crippen LogP contribution is 2.38. The fraction of sp³-hybridized carbons (Fsp3) is 0.882. The van der Waals surface area contributed by atoms with Crippen LogP contribution >= 0.6 is 11.6 Å². The summed E-state index contributed by atoms with van der Waals surface area (Å²) >= 11 is 5.67. The van der Waals surface area contributed by atoms with Crippen LogP contribution in [0, 0.1) is 0 Å². The number of halogens is 1. The highest BCUT2D eigenvalue weighted by molar-refractivity contribution is 6.17. The molecule has 1 aliphatic carbocycles. The van der Waals surface area contributed by atoms with Gasteiger partial charge in [0.1, 0.15) is 0 Å². The van der Waals surface area contributed by atoms with Crippen molar-refractivity contribution in [3.8, 4) is 0 Å². The van der Waals surface area contributed by atoms with Gasteiger partial charge < -0.3 is 0 Å². The highest BCUT2D eigenvalue weighted by Gasteiger charge is 2.19. The van der Waals surface area contributed by atoms with Crippen LogP contribution in [0.1, 0.15) is 90.4 Å². The van der Waals surface area contributed by atoms with E-state index in [4.69, 9.17) is 11.6 Å². The Morgan fingerprint density at radius 3 is 1.78 bits per heavy atom. The molecule has 0 atom stereocenters. The van der Waals surface area contributed by atoms with Gasteiger partial charge in [-0.1, -0.05) is 63.0 Å².